The zero-order chi connectivity index (χ0) is 20.9. The van der Waals surface area contributed by atoms with E-state index in [0.717, 1.165) is 18.4 Å². The lowest BCUT2D eigenvalue weighted by Crippen LogP contribution is -2.33. The Morgan fingerprint density at radius 1 is 1.00 bits per heavy atom. The van der Waals surface area contributed by atoms with Crippen LogP contribution in [-0.4, -0.2) is 35.3 Å². The van der Waals surface area contributed by atoms with E-state index in [4.69, 9.17) is 9.47 Å². The smallest absolute Gasteiger partial charge is 0.297 e. The van der Waals surface area contributed by atoms with Crippen molar-refractivity contribution in [1.82, 2.24) is 9.97 Å². The quantitative estimate of drug-likeness (QED) is 0.569. The molecular formula is C23H25F2N3O2. The highest BCUT2D eigenvalue weighted by atomic mass is 19.3. The van der Waals surface area contributed by atoms with Crippen LogP contribution in [0.1, 0.15) is 43.7 Å². The molecule has 5 nitrogen and oxygen atoms in total. The summed E-state index contributed by atoms with van der Waals surface area (Å²) < 4.78 is 38.6. The lowest BCUT2D eigenvalue weighted by atomic mass is 10.0. The second-order valence-corrected chi connectivity index (χ2v) is 7.46. The summed E-state index contributed by atoms with van der Waals surface area (Å²) >= 11 is 0. The number of aromatic nitrogens is 2. The topological polar surface area (TPSA) is 56.3 Å². The SMILES string of the molecule is CC(Nc1nc(C(F)F)nc2ccccc12)C(OC1CCOCC1)c1ccccc1. The number of nitrogens with one attached hydrogen (secondary N) is 1. The van der Waals surface area contributed by atoms with E-state index in [1.165, 1.54) is 0 Å². The molecule has 2 aromatic carbocycles. The van der Waals surface area contributed by atoms with Gasteiger partial charge in [-0.25, -0.2) is 18.7 Å². The predicted molar refractivity (Wildman–Crippen MR) is 112 cm³/mol. The van der Waals surface area contributed by atoms with E-state index in [1.54, 1.807) is 12.1 Å². The Kier molecular flexibility index (Phi) is 6.50. The van der Waals surface area contributed by atoms with Crippen LogP contribution < -0.4 is 5.32 Å². The standard InChI is InChI=1S/C23H25F2N3O2/c1-15(20(16-7-3-2-4-8-16)30-17-11-13-29-14-12-17)26-22-18-9-5-6-10-19(18)27-23(28-22)21(24)25/h2-10,15,17,20-21H,11-14H2,1H3,(H,26,27,28). The molecule has 0 spiro atoms. The van der Waals surface area contributed by atoms with Crippen molar-refractivity contribution < 1.29 is 18.3 Å². The lowest BCUT2D eigenvalue weighted by Gasteiger charge is -2.32. The molecule has 1 saturated heterocycles. The van der Waals surface area contributed by atoms with Gasteiger partial charge in [0.25, 0.3) is 6.43 Å². The molecule has 0 aliphatic carbocycles. The summed E-state index contributed by atoms with van der Waals surface area (Å²) in [6.07, 6.45) is -1.25. The minimum Gasteiger partial charge on any atom is -0.381 e. The third kappa shape index (κ3) is 4.74. The van der Waals surface area contributed by atoms with E-state index in [9.17, 15) is 8.78 Å². The van der Waals surface area contributed by atoms with Gasteiger partial charge in [-0.1, -0.05) is 42.5 Å². The Bertz CT molecular complexity index is 965. The van der Waals surface area contributed by atoms with E-state index < -0.39 is 12.2 Å². The molecular weight excluding hydrogens is 388 g/mol. The van der Waals surface area contributed by atoms with Crippen LogP contribution in [0, 0.1) is 0 Å². The fraction of sp³-hybridized carbons (Fsp3) is 0.391. The van der Waals surface area contributed by atoms with Gasteiger partial charge in [0.1, 0.15) is 11.9 Å². The molecule has 0 saturated carbocycles. The van der Waals surface area contributed by atoms with Gasteiger partial charge in [-0.2, -0.15) is 0 Å². The molecule has 3 aromatic rings. The van der Waals surface area contributed by atoms with Crippen LogP contribution in [0.15, 0.2) is 54.6 Å². The van der Waals surface area contributed by atoms with Crippen LogP contribution in [0.5, 0.6) is 0 Å². The van der Waals surface area contributed by atoms with E-state index >= 15 is 0 Å². The second-order valence-electron chi connectivity index (χ2n) is 7.46. The molecule has 1 aromatic heterocycles. The number of fused-ring (bicyclic) bond motifs is 1. The van der Waals surface area contributed by atoms with Gasteiger partial charge in [-0.3, -0.25) is 0 Å². The molecule has 0 radical (unpaired) electrons. The number of benzene rings is 2. The van der Waals surface area contributed by atoms with Gasteiger partial charge >= 0.3 is 0 Å². The second kappa shape index (κ2) is 9.45. The molecule has 2 unspecified atom stereocenters. The molecule has 30 heavy (non-hydrogen) atoms. The largest absolute Gasteiger partial charge is 0.381 e. The third-order valence-corrected chi connectivity index (χ3v) is 5.27. The molecule has 1 aliphatic heterocycles. The lowest BCUT2D eigenvalue weighted by molar-refractivity contribution is -0.0739. The first-order chi connectivity index (χ1) is 14.6. The summed E-state index contributed by atoms with van der Waals surface area (Å²) in [4.78, 5) is 8.11. The number of rotatable bonds is 7. The summed E-state index contributed by atoms with van der Waals surface area (Å²) in [7, 11) is 0. The molecule has 2 heterocycles. The number of para-hydroxylation sites is 1. The van der Waals surface area contributed by atoms with E-state index in [1.807, 2.05) is 49.4 Å². The van der Waals surface area contributed by atoms with Crippen molar-refractivity contribution in [2.45, 2.75) is 44.4 Å². The normalized spacial score (nSPS) is 17.2. The van der Waals surface area contributed by atoms with Crippen molar-refractivity contribution in [3.63, 3.8) is 0 Å². The summed E-state index contributed by atoms with van der Waals surface area (Å²) in [5.74, 6) is -0.0927. The monoisotopic (exact) mass is 413 g/mol. The average molecular weight is 413 g/mol. The van der Waals surface area contributed by atoms with Crippen LogP contribution in [0.4, 0.5) is 14.6 Å². The maximum atomic E-state index is 13.4. The number of anilines is 1. The molecule has 0 amide bonds. The van der Waals surface area contributed by atoms with Gasteiger partial charge in [0.2, 0.25) is 0 Å². The third-order valence-electron chi connectivity index (χ3n) is 5.27. The number of ether oxygens (including phenoxy) is 2. The molecule has 7 heteroatoms. The first-order valence-corrected chi connectivity index (χ1v) is 10.2. The van der Waals surface area contributed by atoms with E-state index in [-0.39, 0.29) is 18.2 Å². The van der Waals surface area contributed by atoms with E-state index in [2.05, 4.69) is 15.3 Å². The Balaban J connectivity index is 1.64. The Hall–Kier alpha value is -2.64. The summed E-state index contributed by atoms with van der Waals surface area (Å²) in [5.41, 5.74) is 1.51. The van der Waals surface area contributed by atoms with Crippen molar-refractivity contribution in [3.8, 4) is 0 Å². The van der Waals surface area contributed by atoms with Crippen molar-refractivity contribution >= 4 is 16.7 Å². The molecule has 1 fully saturated rings. The highest BCUT2D eigenvalue weighted by Gasteiger charge is 2.27. The highest BCUT2D eigenvalue weighted by Crippen LogP contribution is 2.30. The van der Waals surface area contributed by atoms with Gasteiger partial charge in [-0.15, -0.1) is 0 Å². The van der Waals surface area contributed by atoms with E-state index in [0.29, 0.717) is 29.9 Å². The summed E-state index contributed by atoms with van der Waals surface area (Å²) in [6, 6.07) is 16.9. The van der Waals surface area contributed by atoms with Crippen LogP contribution in [0.25, 0.3) is 10.9 Å². The molecule has 158 valence electrons. The molecule has 1 aliphatic rings. The van der Waals surface area contributed by atoms with Gasteiger partial charge in [-0.05, 0) is 37.5 Å². The number of nitrogens with zero attached hydrogens (tertiary/aromatic N) is 2. The molecule has 0 bridgehead atoms. The van der Waals surface area contributed by atoms with Crippen molar-refractivity contribution in [2.75, 3.05) is 18.5 Å². The summed E-state index contributed by atoms with van der Waals surface area (Å²) in [5, 5.41) is 4.03. The number of hydrogen-bond donors (Lipinski definition) is 1. The van der Waals surface area contributed by atoms with Gasteiger partial charge in [0.05, 0.1) is 17.7 Å². The Morgan fingerprint density at radius 3 is 2.43 bits per heavy atom. The molecule has 1 N–H and O–H groups in total. The van der Waals surface area contributed by atoms with Gasteiger partial charge < -0.3 is 14.8 Å². The maximum Gasteiger partial charge on any atom is 0.297 e. The average Bonchev–Trinajstić information content (AvgIpc) is 2.78. The molecule has 2 atom stereocenters. The fourth-order valence-corrected chi connectivity index (χ4v) is 3.74. The minimum atomic E-state index is -2.74. The highest BCUT2D eigenvalue weighted by molar-refractivity contribution is 5.89. The van der Waals surface area contributed by atoms with Gasteiger partial charge in [0, 0.05) is 18.6 Å². The van der Waals surface area contributed by atoms with Crippen molar-refractivity contribution in [1.29, 1.82) is 0 Å². The van der Waals surface area contributed by atoms with Crippen molar-refractivity contribution in [2.24, 2.45) is 0 Å². The Morgan fingerprint density at radius 2 is 1.70 bits per heavy atom. The number of alkyl halides is 2. The first-order valence-electron chi connectivity index (χ1n) is 10.2. The molecule has 4 rings (SSSR count). The Labute approximate surface area is 174 Å². The van der Waals surface area contributed by atoms with Crippen LogP contribution in [0.2, 0.25) is 0 Å². The van der Waals surface area contributed by atoms with Crippen molar-refractivity contribution in [3.05, 3.63) is 66.0 Å². The zero-order valence-electron chi connectivity index (χ0n) is 16.8. The first kappa shape index (κ1) is 20.6. The maximum absolute atomic E-state index is 13.4. The minimum absolute atomic E-state index is 0.0898. The van der Waals surface area contributed by atoms with Crippen LogP contribution in [-0.2, 0) is 9.47 Å². The fourth-order valence-electron chi connectivity index (χ4n) is 3.74. The van der Waals surface area contributed by atoms with Gasteiger partial charge in [0.15, 0.2) is 5.82 Å². The van der Waals surface area contributed by atoms with Crippen LogP contribution in [0.3, 0.4) is 0 Å². The number of hydrogen-bond acceptors (Lipinski definition) is 5. The number of halogens is 2. The van der Waals surface area contributed by atoms with Crippen LogP contribution >= 0.6 is 0 Å². The summed E-state index contributed by atoms with van der Waals surface area (Å²) in [6.45, 7) is 3.35. The predicted octanol–water partition coefficient (Wildman–Crippen LogP) is 5.30. The zero-order valence-corrected chi connectivity index (χ0v) is 16.8.